The number of carbonyl (C=O) groups is 1. The van der Waals surface area contributed by atoms with Crippen LogP contribution in [0.1, 0.15) is 31.7 Å². The lowest BCUT2D eigenvalue weighted by Gasteiger charge is -2.19. The number of azo groups is 1. The Morgan fingerprint density at radius 1 is 0.961 bits per heavy atom. The summed E-state index contributed by atoms with van der Waals surface area (Å²) in [4.78, 5) is 22.9. The molecule has 0 saturated carbocycles. The molecule has 16 nitrogen and oxygen atoms in total. The highest BCUT2D eigenvalue weighted by Gasteiger charge is 2.34. The van der Waals surface area contributed by atoms with Crippen LogP contribution in [0.4, 0.5) is 36.2 Å². The number of nitrogens with zero attached hydrogens (tertiary/aromatic N) is 5. The predicted octanol–water partition coefficient (Wildman–Crippen LogP) is 5.88. The second kappa shape index (κ2) is 15.1. The van der Waals surface area contributed by atoms with E-state index < -0.39 is 81.6 Å². The van der Waals surface area contributed by atoms with Crippen LogP contribution < -0.4 is 10.1 Å². The van der Waals surface area contributed by atoms with Gasteiger partial charge in [-0.15, -0.1) is 10.2 Å². The van der Waals surface area contributed by atoms with Crippen LogP contribution in [0.2, 0.25) is 0 Å². The van der Waals surface area contributed by atoms with Crippen molar-refractivity contribution in [1.82, 2.24) is 15.0 Å². The summed E-state index contributed by atoms with van der Waals surface area (Å²) in [5, 5.41) is 30.5. The van der Waals surface area contributed by atoms with E-state index in [1.54, 1.807) is 6.92 Å². The maximum absolute atomic E-state index is 13.7. The third-order valence-corrected chi connectivity index (χ3v) is 10.4. The van der Waals surface area contributed by atoms with E-state index in [0.29, 0.717) is 12.5 Å². The molecule has 0 bridgehead atoms. The van der Waals surface area contributed by atoms with Crippen LogP contribution in [-0.2, 0) is 46.0 Å². The number of ether oxygens (including phenoxy) is 1. The van der Waals surface area contributed by atoms with Crippen LogP contribution in [0.3, 0.4) is 0 Å². The van der Waals surface area contributed by atoms with Gasteiger partial charge in [0.05, 0.1) is 49.6 Å². The quantitative estimate of drug-likeness (QED) is 0.101. The number of halogens is 3. The summed E-state index contributed by atoms with van der Waals surface area (Å²) in [5.41, 5.74) is -3.05. The molecular weight excluding hydrogens is 725 g/mol. The van der Waals surface area contributed by atoms with Crippen LogP contribution in [0.25, 0.3) is 10.8 Å². The van der Waals surface area contributed by atoms with Gasteiger partial charge in [-0.25, -0.2) is 0 Å². The average Bonchev–Trinajstić information content (AvgIpc) is 3.08. The number of alkyl halides is 3. The van der Waals surface area contributed by atoms with Crippen molar-refractivity contribution < 1.29 is 58.1 Å². The first-order chi connectivity index (χ1) is 23.9. The third-order valence-electron chi connectivity index (χ3n) is 7.76. The predicted molar refractivity (Wildman–Crippen MR) is 174 cm³/mol. The van der Waals surface area contributed by atoms with E-state index in [9.17, 15) is 45.0 Å². The second-order valence-electron chi connectivity index (χ2n) is 10.8. The molecule has 0 aliphatic heterocycles. The minimum absolute atomic E-state index is 0.00421. The van der Waals surface area contributed by atoms with Crippen LogP contribution >= 0.6 is 0 Å². The molecule has 0 aliphatic rings. The highest BCUT2D eigenvalue weighted by molar-refractivity contribution is 7.87. The first kappa shape index (κ1) is 38.8. The van der Waals surface area contributed by atoms with Gasteiger partial charge < -0.3 is 20.3 Å². The van der Waals surface area contributed by atoms with E-state index in [0.717, 1.165) is 44.6 Å². The minimum Gasteiger partial charge on any atom is -0.505 e. The topological polar surface area (TPSA) is 229 Å². The zero-order valence-electron chi connectivity index (χ0n) is 27.5. The molecule has 274 valence electrons. The number of fused-ring (bicyclic) bond motifs is 1. The molecule has 1 heterocycles. The number of anilines is 2. The van der Waals surface area contributed by atoms with E-state index in [1.807, 2.05) is 6.92 Å². The molecule has 4 aromatic rings. The molecule has 2 atom stereocenters. The summed E-state index contributed by atoms with van der Waals surface area (Å²) < 4.78 is 108. The van der Waals surface area contributed by atoms with Gasteiger partial charge in [0.25, 0.3) is 20.2 Å². The zero-order valence-corrected chi connectivity index (χ0v) is 29.1. The normalized spacial score (nSPS) is 13.7. The van der Waals surface area contributed by atoms with Gasteiger partial charge in [0, 0.05) is 11.8 Å². The van der Waals surface area contributed by atoms with Crippen molar-refractivity contribution in [2.45, 2.75) is 42.7 Å². The number of carboxylic acids is 1. The lowest BCUT2D eigenvalue weighted by atomic mass is 9.89. The van der Waals surface area contributed by atoms with Crippen molar-refractivity contribution >= 4 is 60.0 Å². The number of phenols is 1. The Morgan fingerprint density at radius 2 is 1.61 bits per heavy atom. The van der Waals surface area contributed by atoms with Gasteiger partial charge in [0.1, 0.15) is 21.3 Å². The third kappa shape index (κ3) is 8.32. The van der Waals surface area contributed by atoms with Gasteiger partial charge >= 0.3 is 18.2 Å². The summed E-state index contributed by atoms with van der Waals surface area (Å²) in [5.74, 6) is -3.60. The Morgan fingerprint density at radius 3 is 2.20 bits per heavy atom. The summed E-state index contributed by atoms with van der Waals surface area (Å²) in [7, 11) is -6.64. The first-order valence-corrected chi connectivity index (χ1v) is 17.5. The molecule has 3 aromatic carbocycles. The van der Waals surface area contributed by atoms with Crippen LogP contribution in [0.5, 0.6) is 11.8 Å². The van der Waals surface area contributed by atoms with Crippen molar-refractivity contribution in [1.29, 1.82) is 0 Å². The van der Waals surface area contributed by atoms with Crippen LogP contribution in [0, 0.1) is 11.8 Å². The molecule has 1 aromatic heterocycles. The Balaban J connectivity index is 2.03. The number of methoxy groups -OCH3 is 1. The number of aromatic nitrogens is 3. The number of hydrogen-bond donors (Lipinski definition) is 3. The summed E-state index contributed by atoms with van der Waals surface area (Å²) in [6.45, 7) is 3.56. The highest BCUT2D eigenvalue weighted by atomic mass is 32.2. The Hall–Kier alpha value is -4.99. The maximum Gasteiger partial charge on any atom is 0.418 e. The van der Waals surface area contributed by atoms with Crippen molar-refractivity contribution in [2.75, 3.05) is 26.6 Å². The fraction of sp³-hybridized carbons (Fsp3) is 0.333. The van der Waals surface area contributed by atoms with E-state index >= 15 is 0 Å². The number of benzene rings is 3. The lowest BCUT2D eigenvalue weighted by molar-refractivity contribution is -0.143. The fourth-order valence-corrected chi connectivity index (χ4v) is 6.56. The molecule has 0 spiro atoms. The lowest BCUT2D eigenvalue weighted by Crippen LogP contribution is -2.25. The van der Waals surface area contributed by atoms with E-state index in [-0.39, 0.29) is 35.8 Å². The van der Waals surface area contributed by atoms with Crippen molar-refractivity contribution in [3.8, 4) is 11.8 Å². The second-order valence-corrected chi connectivity index (χ2v) is 14.1. The molecule has 3 N–H and O–H groups in total. The number of phenolic OH excluding ortho intramolecular Hbond substituents is 1. The van der Waals surface area contributed by atoms with Crippen molar-refractivity contribution in [3.05, 3.63) is 53.9 Å². The van der Waals surface area contributed by atoms with Gasteiger partial charge in [-0.1, -0.05) is 32.4 Å². The zero-order chi connectivity index (χ0) is 37.9. The van der Waals surface area contributed by atoms with Gasteiger partial charge in [-0.05, 0) is 36.2 Å². The summed E-state index contributed by atoms with van der Waals surface area (Å²) >= 11 is 0. The van der Waals surface area contributed by atoms with Gasteiger partial charge in [0.2, 0.25) is 5.95 Å². The fourth-order valence-electron chi connectivity index (χ4n) is 4.90. The highest BCUT2D eigenvalue weighted by Crippen LogP contribution is 2.47. The molecule has 0 amide bonds. The molecule has 51 heavy (non-hydrogen) atoms. The largest absolute Gasteiger partial charge is 0.505 e. The number of aliphatic carboxylic acids is 1. The van der Waals surface area contributed by atoms with Gasteiger partial charge in [-0.2, -0.15) is 45.0 Å². The molecule has 4 rings (SSSR count). The Bertz CT molecular complexity index is 2220. The Labute approximate surface area is 289 Å². The average molecular weight is 757 g/mol. The number of nitrogens with one attached hydrogen (secondary N) is 1. The van der Waals surface area contributed by atoms with E-state index in [4.69, 9.17) is 4.74 Å². The number of rotatable bonds is 14. The summed E-state index contributed by atoms with van der Waals surface area (Å²) in [6, 6.07) is 6.64. The molecule has 0 saturated heterocycles. The number of carboxylic acid groups (broad SMARTS) is 1. The maximum atomic E-state index is 13.7. The number of hydrogen-bond acceptors (Lipinski definition) is 15. The molecule has 2 unspecified atom stereocenters. The SMILES string of the molecule is CCC(C)C(Cc1nc(Nc2ccc(S(=O)(=O)OC)c3cc(S(=O)(=O)OC)c(N=Nc4ccccc4C(F)(F)F)c(O)c23)nc(OC)n1)C(=O)O. The van der Waals surface area contributed by atoms with Crippen LogP contribution in [-0.4, -0.2) is 69.3 Å². The minimum atomic E-state index is -4.88. The van der Waals surface area contributed by atoms with E-state index in [2.05, 4.69) is 38.9 Å². The van der Waals surface area contributed by atoms with Gasteiger partial charge in [0.15, 0.2) is 5.75 Å². The molecular formula is C30H31F3N6O10S2. The van der Waals surface area contributed by atoms with E-state index in [1.165, 1.54) is 13.2 Å². The van der Waals surface area contributed by atoms with Crippen molar-refractivity contribution in [2.24, 2.45) is 22.1 Å². The van der Waals surface area contributed by atoms with Gasteiger partial charge in [-0.3, -0.25) is 13.2 Å². The Kier molecular flexibility index (Phi) is 11.5. The summed E-state index contributed by atoms with van der Waals surface area (Å²) in [6.07, 6.45) is -4.49. The van der Waals surface area contributed by atoms with Crippen molar-refractivity contribution in [3.63, 3.8) is 0 Å². The monoisotopic (exact) mass is 756 g/mol. The molecule has 21 heteroatoms. The molecule has 0 fully saturated rings. The first-order valence-electron chi connectivity index (χ1n) is 14.7. The van der Waals surface area contributed by atoms with Crippen LogP contribution in [0.15, 0.2) is 62.5 Å². The standard InChI is InChI=1S/C30H31F3N6O10S2/c1-6-15(2)16(27(41)42)14-23-35-28(37-29(36-23)47-3)34-20-11-12-21(50(43,44)48-4)17-13-22(51(45,46)49-5)25(26(40)24(17)20)39-38-19-10-8-7-9-18(19)30(31,32)33/h7-13,15-16,40H,6,14H2,1-5H3,(H,41,42)(H,34,35,36,37). The number of aromatic hydroxyl groups is 1. The molecule has 0 aliphatic carbocycles. The molecule has 0 radical (unpaired) electrons. The smallest absolute Gasteiger partial charge is 0.418 e.